The predicted octanol–water partition coefficient (Wildman–Crippen LogP) is 2.52. The van der Waals surface area contributed by atoms with Crippen molar-refractivity contribution in [2.45, 2.75) is 19.4 Å². The van der Waals surface area contributed by atoms with Crippen molar-refractivity contribution in [3.05, 3.63) is 35.1 Å². The number of rotatable bonds is 4. The molecule has 2 aromatic rings. The molecule has 2 aliphatic rings. The van der Waals surface area contributed by atoms with Crippen LogP contribution in [0, 0.1) is 11.3 Å². The number of esters is 1. The number of aromatic nitrogens is 3. The van der Waals surface area contributed by atoms with Gasteiger partial charge in [-0.05, 0) is 42.5 Å². The van der Waals surface area contributed by atoms with E-state index in [-0.39, 0.29) is 11.9 Å². The fourth-order valence-corrected chi connectivity index (χ4v) is 4.19. The maximum atomic E-state index is 11.5. The molecule has 1 saturated carbocycles. The Balaban J connectivity index is 1.36. The maximum absolute atomic E-state index is 11.5. The lowest BCUT2D eigenvalue weighted by Crippen LogP contribution is -2.62. The first kappa shape index (κ1) is 16.5. The molecule has 0 bridgehead atoms. The van der Waals surface area contributed by atoms with Gasteiger partial charge in [-0.15, -0.1) is 0 Å². The first-order valence-electron chi connectivity index (χ1n) is 8.44. The van der Waals surface area contributed by atoms with Crippen molar-refractivity contribution >= 4 is 17.6 Å². The van der Waals surface area contributed by atoms with Gasteiger partial charge in [0.05, 0.1) is 19.6 Å². The Morgan fingerprint density at radius 2 is 2.00 bits per heavy atom. The second kappa shape index (κ2) is 6.11. The first-order valence-corrected chi connectivity index (χ1v) is 8.82. The highest BCUT2D eigenvalue weighted by molar-refractivity contribution is 6.30. The lowest BCUT2D eigenvalue weighted by atomic mass is 9.58. The van der Waals surface area contributed by atoms with Crippen LogP contribution in [0.5, 0.6) is 0 Å². The van der Waals surface area contributed by atoms with Crippen molar-refractivity contribution in [1.29, 1.82) is 0 Å². The molecule has 132 valence electrons. The van der Waals surface area contributed by atoms with Gasteiger partial charge in [-0.2, -0.15) is 5.10 Å². The van der Waals surface area contributed by atoms with E-state index in [1.807, 2.05) is 36.0 Å². The van der Waals surface area contributed by atoms with Gasteiger partial charge < -0.3 is 4.74 Å². The highest BCUT2D eigenvalue weighted by atomic mass is 35.5. The zero-order valence-corrected chi connectivity index (χ0v) is 15.2. The van der Waals surface area contributed by atoms with Crippen molar-refractivity contribution in [1.82, 2.24) is 19.7 Å². The largest absolute Gasteiger partial charge is 0.469 e. The van der Waals surface area contributed by atoms with Gasteiger partial charge in [0.1, 0.15) is 5.82 Å². The lowest BCUT2D eigenvalue weighted by Gasteiger charge is -2.58. The Hall–Kier alpha value is -1.92. The van der Waals surface area contributed by atoms with Crippen molar-refractivity contribution < 1.29 is 9.53 Å². The third-order valence-corrected chi connectivity index (χ3v) is 5.58. The Bertz CT molecular complexity index is 788. The van der Waals surface area contributed by atoms with Crippen molar-refractivity contribution in [3.63, 3.8) is 0 Å². The number of likely N-dealkylation sites (tertiary alicyclic amines) is 1. The molecule has 0 radical (unpaired) electrons. The molecular weight excluding hydrogens is 340 g/mol. The summed E-state index contributed by atoms with van der Waals surface area (Å²) in [5, 5.41) is 5.22. The van der Waals surface area contributed by atoms with Gasteiger partial charge in [0, 0.05) is 30.7 Å². The van der Waals surface area contributed by atoms with E-state index in [9.17, 15) is 4.79 Å². The summed E-state index contributed by atoms with van der Waals surface area (Å²) >= 11 is 5.93. The third-order valence-electron chi connectivity index (χ3n) is 5.33. The summed E-state index contributed by atoms with van der Waals surface area (Å²) in [6.45, 7) is 2.81. The number of hydrogen-bond donors (Lipinski definition) is 0. The van der Waals surface area contributed by atoms with Gasteiger partial charge in [-0.1, -0.05) is 11.6 Å². The Morgan fingerprint density at radius 3 is 2.64 bits per heavy atom. The van der Waals surface area contributed by atoms with Crippen molar-refractivity contribution in [2.75, 3.05) is 20.2 Å². The molecule has 1 spiro atoms. The Morgan fingerprint density at radius 1 is 1.32 bits per heavy atom. The molecule has 25 heavy (non-hydrogen) atoms. The number of aryl methyl sites for hydroxylation is 1. The quantitative estimate of drug-likeness (QED) is 0.784. The summed E-state index contributed by atoms with van der Waals surface area (Å²) in [5.41, 5.74) is 1.28. The summed E-state index contributed by atoms with van der Waals surface area (Å²) in [6.07, 6.45) is 1.90. The number of benzene rings is 1. The van der Waals surface area contributed by atoms with Crippen LogP contribution in [0.1, 0.15) is 18.7 Å². The van der Waals surface area contributed by atoms with Crippen LogP contribution >= 0.6 is 11.6 Å². The van der Waals surface area contributed by atoms with Crippen LogP contribution in [0.15, 0.2) is 24.3 Å². The molecule has 4 rings (SSSR count). The predicted molar refractivity (Wildman–Crippen MR) is 93.9 cm³/mol. The number of carbonyl (C=O) groups excluding carboxylic acids is 1. The molecule has 0 unspecified atom stereocenters. The minimum absolute atomic E-state index is 0.0648. The van der Waals surface area contributed by atoms with Gasteiger partial charge in [0.25, 0.3) is 0 Å². The maximum Gasteiger partial charge on any atom is 0.308 e. The number of carbonyl (C=O) groups is 1. The average Bonchev–Trinajstić information content (AvgIpc) is 2.89. The first-order chi connectivity index (χ1) is 12.0. The average molecular weight is 361 g/mol. The van der Waals surface area contributed by atoms with E-state index in [1.54, 1.807) is 0 Å². The molecule has 1 aliphatic heterocycles. The van der Waals surface area contributed by atoms with E-state index in [4.69, 9.17) is 16.3 Å². The van der Waals surface area contributed by atoms with Crippen LogP contribution in [0.3, 0.4) is 0 Å². The van der Waals surface area contributed by atoms with Gasteiger partial charge in [-0.25, -0.2) is 4.98 Å². The van der Waals surface area contributed by atoms with E-state index >= 15 is 0 Å². The monoisotopic (exact) mass is 360 g/mol. The number of ether oxygens (including phenoxy) is 1. The zero-order valence-electron chi connectivity index (χ0n) is 14.4. The highest BCUT2D eigenvalue weighted by Gasteiger charge is 2.54. The standard InChI is InChI=1S/C18H21ClN4O2/c1-22-15(20-16(21-22)12-3-5-14(19)6-4-12)9-23-10-18(11-23)7-13(8-18)17(24)25-2/h3-6,13H,7-11H2,1-2H3. The zero-order chi connectivity index (χ0) is 17.6. The van der Waals surface area contributed by atoms with E-state index in [0.29, 0.717) is 10.4 Å². The molecule has 0 amide bonds. The molecule has 2 heterocycles. The van der Waals surface area contributed by atoms with Crippen LogP contribution < -0.4 is 0 Å². The molecule has 7 heteroatoms. The van der Waals surface area contributed by atoms with Gasteiger partial charge >= 0.3 is 5.97 Å². The van der Waals surface area contributed by atoms with Crippen LogP contribution in [0.4, 0.5) is 0 Å². The van der Waals surface area contributed by atoms with Crippen LogP contribution in [-0.4, -0.2) is 45.8 Å². The number of methoxy groups -OCH3 is 1. The molecule has 0 N–H and O–H groups in total. The normalized spacial score (nSPS) is 19.5. The summed E-state index contributed by atoms with van der Waals surface area (Å²) in [6, 6.07) is 7.56. The number of halogens is 1. The molecule has 2 fully saturated rings. The Labute approximate surface area is 151 Å². The van der Waals surface area contributed by atoms with Crippen molar-refractivity contribution in [3.8, 4) is 11.4 Å². The molecule has 1 aliphatic carbocycles. The second-order valence-corrected chi connectivity index (χ2v) is 7.69. The van der Waals surface area contributed by atoms with E-state index < -0.39 is 0 Å². The van der Waals surface area contributed by atoms with E-state index in [0.717, 1.165) is 49.7 Å². The SMILES string of the molecule is COC(=O)C1CC2(C1)CN(Cc1nc(-c3ccc(Cl)cc3)nn1C)C2. The van der Waals surface area contributed by atoms with Gasteiger partial charge in [0.15, 0.2) is 5.82 Å². The molecule has 1 saturated heterocycles. The summed E-state index contributed by atoms with van der Waals surface area (Å²) in [5.74, 6) is 1.70. The van der Waals surface area contributed by atoms with Gasteiger partial charge in [-0.3, -0.25) is 14.4 Å². The molecular formula is C18H21ClN4O2. The topological polar surface area (TPSA) is 60.2 Å². The van der Waals surface area contributed by atoms with Crippen LogP contribution in [0.25, 0.3) is 11.4 Å². The van der Waals surface area contributed by atoms with Crippen LogP contribution in [-0.2, 0) is 23.1 Å². The van der Waals surface area contributed by atoms with E-state index in [1.165, 1.54) is 7.11 Å². The fraction of sp³-hybridized carbons (Fsp3) is 0.500. The number of hydrogen-bond acceptors (Lipinski definition) is 5. The minimum Gasteiger partial charge on any atom is -0.469 e. The van der Waals surface area contributed by atoms with Crippen molar-refractivity contribution in [2.24, 2.45) is 18.4 Å². The molecule has 0 atom stereocenters. The summed E-state index contributed by atoms with van der Waals surface area (Å²) in [4.78, 5) is 18.6. The lowest BCUT2D eigenvalue weighted by molar-refractivity contribution is -0.164. The summed E-state index contributed by atoms with van der Waals surface area (Å²) < 4.78 is 6.66. The molecule has 1 aromatic carbocycles. The van der Waals surface area contributed by atoms with E-state index in [2.05, 4.69) is 15.0 Å². The highest BCUT2D eigenvalue weighted by Crippen LogP contribution is 2.52. The third kappa shape index (κ3) is 3.04. The second-order valence-electron chi connectivity index (χ2n) is 7.26. The van der Waals surface area contributed by atoms with Gasteiger partial charge in [0.2, 0.25) is 0 Å². The molecule has 6 nitrogen and oxygen atoms in total. The smallest absolute Gasteiger partial charge is 0.308 e. The summed E-state index contributed by atoms with van der Waals surface area (Å²) in [7, 11) is 3.39. The Kier molecular flexibility index (Phi) is 4.04. The molecule has 1 aromatic heterocycles. The minimum atomic E-state index is -0.0648. The number of nitrogens with zero attached hydrogens (tertiary/aromatic N) is 4. The fourth-order valence-electron chi connectivity index (χ4n) is 4.07. The van der Waals surface area contributed by atoms with Crippen LogP contribution in [0.2, 0.25) is 5.02 Å².